The van der Waals surface area contributed by atoms with E-state index in [9.17, 15) is 8.42 Å². The van der Waals surface area contributed by atoms with E-state index in [1.807, 2.05) is 18.2 Å². The van der Waals surface area contributed by atoms with Crippen molar-refractivity contribution in [3.8, 4) is 23.0 Å². The van der Waals surface area contributed by atoms with E-state index in [1.54, 1.807) is 12.1 Å². The Labute approximate surface area is 145 Å². The standard InChI is InChI=1S/C17H17NO6S/c19-25(20,13-5-6-15-17(9-13)22-8-7-21-15)18-10-12-11-23-14-3-1-2-4-16(14)24-12/h1-6,9,12,18H,7-8,10-11H2. The number of para-hydroxylation sites is 2. The van der Waals surface area contributed by atoms with Gasteiger partial charge in [-0.25, -0.2) is 13.1 Å². The molecular formula is C17H17NO6S. The van der Waals surface area contributed by atoms with Crippen LogP contribution < -0.4 is 23.7 Å². The summed E-state index contributed by atoms with van der Waals surface area (Å²) in [6, 6.07) is 11.8. The third-order valence-corrected chi connectivity index (χ3v) is 5.31. The molecule has 0 bridgehead atoms. The highest BCUT2D eigenvalue weighted by atomic mass is 32.2. The summed E-state index contributed by atoms with van der Waals surface area (Å²) in [4.78, 5) is 0.119. The fourth-order valence-corrected chi connectivity index (χ4v) is 3.72. The lowest BCUT2D eigenvalue weighted by molar-refractivity contribution is 0.0943. The summed E-state index contributed by atoms with van der Waals surface area (Å²) in [5.74, 6) is 2.25. The second kappa shape index (κ2) is 6.45. The molecule has 0 spiro atoms. The molecule has 2 heterocycles. The first-order valence-electron chi connectivity index (χ1n) is 7.90. The van der Waals surface area contributed by atoms with Gasteiger partial charge in [0.05, 0.1) is 11.4 Å². The second-order valence-electron chi connectivity index (χ2n) is 5.65. The summed E-state index contributed by atoms with van der Waals surface area (Å²) in [6.07, 6.45) is -0.401. The lowest BCUT2D eigenvalue weighted by atomic mass is 10.2. The smallest absolute Gasteiger partial charge is 0.240 e. The Bertz CT molecular complexity index is 882. The third-order valence-electron chi connectivity index (χ3n) is 3.89. The molecule has 2 aromatic carbocycles. The van der Waals surface area contributed by atoms with Crippen LogP contribution in [0.15, 0.2) is 47.4 Å². The molecular weight excluding hydrogens is 346 g/mol. The SMILES string of the molecule is O=S(=O)(NCC1COc2ccccc2O1)c1ccc2c(c1)OCCO2. The molecule has 2 aliphatic rings. The van der Waals surface area contributed by atoms with Gasteiger partial charge in [-0.1, -0.05) is 12.1 Å². The van der Waals surface area contributed by atoms with Crippen LogP contribution in [0.5, 0.6) is 23.0 Å². The van der Waals surface area contributed by atoms with Crippen LogP contribution in [-0.2, 0) is 10.0 Å². The predicted octanol–water partition coefficient (Wildman–Crippen LogP) is 1.58. The average Bonchev–Trinajstić information content (AvgIpc) is 2.66. The van der Waals surface area contributed by atoms with Gasteiger partial charge in [0.1, 0.15) is 25.9 Å². The number of hydrogen-bond donors (Lipinski definition) is 1. The fourth-order valence-electron chi connectivity index (χ4n) is 2.64. The normalized spacial score (nSPS) is 18.6. The minimum Gasteiger partial charge on any atom is -0.486 e. The van der Waals surface area contributed by atoms with Gasteiger partial charge in [0, 0.05) is 6.07 Å². The highest BCUT2D eigenvalue weighted by Gasteiger charge is 2.24. The van der Waals surface area contributed by atoms with Crippen molar-refractivity contribution in [2.24, 2.45) is 0 Å². The lowest BCUT2D eigenvalue weighted by Crippen LogP contribution is -2.40. The van der Waals surface area contributed by atoms with Crippen LogP contribution in [0.2, 0.25) is 0 Å². The van der Waals surface area contributed by atoms with Crippen LogP contribution in [0, 0.1) is 0 Å². The maximum absolute atomic E-state index is 12.5. The Hall–Kier alpha value is -2.45. The van der Waals surface area contributed by atoms with E-state index in [2.05, 4.69) is 4.72 Å². The van der Waals surface area contributed by atoms with Crippen molar-refractivity contribution >= 4 is 10.0 Å². The van der Waals surface area contributed by atoms with Crippen molar-refractivity contribution in [2.75, 3.05) is 26.4 Å². The van der Waals surface area contributed by atoms with E-state index >= 15 is 0 Å². The molecule has 0 fully saturated rings. The molecule has 7 nitrogen and oxygen atoms in total. The molecule has 4 rings (SSSR count). The molecule has 132 valence electrons. The van der Waals surface area contributed by atoms with E-state index < -0.39 is 16.1 Å². The van der Waals surface area contributed by atoms with Crippen molar-refractivity contribution in [3.05, 3.63) is 42.5 Å². The first-order chi connectivity index (χ1) is 12.1. The summed E-state index contributed by atoms with van der Waals surface area (Å²) in [5, 5.41) is 0. The van der Waals surface area contributed by atoms with Crippen LogP contribution >= 0.6 is 0 Å². The number of nitrogens with one attached hydrogen (secondary N) is 1. The maximum Gasteiger partial charge on any atom is 0.240 e. The van der Waals surface area contributed by atoms with E-state index in [0.717, 1.165) is 0 Å². The fraction of sp³-hybridized carbons (Fsp3) is 0.294. The van der Waals surface area contributed by atoms with Gasteiger partial charge in [0.25, 0.3) is 0 Å². The first-order valence-corrected chi connectivity index (χ1v) is 9.38. The van der Waals surface area contributed by atoms with Gasteiger partial charge in [-0.3, -0.25) is 0 Å². The van der Waals surface area contributed by atoms with Crippen molar-refractivity contribution in [3.63, 3.8) is 0 Å². The Morgan fingerprint density at radius 1 is 0.920 bits per heavy atom. The second-order valence-corrected chi connectivity index (χ2v) is 7.42. The van der Waals surface area contributed by atoms with E-state index in [-0.39, 0.29) is 18.0 Å². The lowest BCUT2D eigenvalue weighted by Gasteiger charge is -2.26. The summed E-state index contributed by atoms with van der Waals surface area (Å²) in [7, 11) is -3.69. The number of sulfonamides is 1. The highest BCUT2D eigenvalue weighted by Crippen LogP contribution is 2.33. The van der Waals surface area contributed by atoms with Crippen LogP contribution in [0.1, 0.15) is 0 Å². The third kappa shape index (κ3) is 3.35. The molecule has 1 atom stereocenters. The van der Waals surface area contributed by atoms with Crippen molar-refractivity contribution in [1.29, 1.82) is 0 Å². The number of fused-ring (bicyclic) bond motifs is 2. The summed E-state index contributed by atoms with van der Waals surface area (Å²) < 4.78 is 49.7. The Balaban J connectivity index is 1.44. The van der Waals surface area contributed by atoms with E-state index in [4.69, 9.17) is 18.9 Å². The van der Waals surface area contributed by atoms with Gasteiger partial charge in [-0.2, -0.15) is 0 Å². The number of rotatable bonds is 4. The van der Waals surface area contributed by atoms with Crippen LogP contribution in [-0.4, -0.2) is 40.9 Å². The maximum atomic E-state index is 12.5. The topological polar surface area (TPSA) is 83.1 Å². The minimum absolute atomic E-state index is 0.102. The predicted molar refractivity (Wildman–Crippen MR) is 89.0 cm³/mol. The first kappa shape index (κ1) is 16.0. The number of hydrogen-bond acceptors (Lipinski definition) is 6. The Morgan fingerprint density at radius 2 is 1.64 bits per heavy atom. The molecule has 0 saturated carbocycles. The van der Waals surface area contributed by atoms with Crippen LogP contribution in [0.3, 0.4) is 0 Å². The van der Waals surface area contributed by atoms with Crippen molar-refractivity contribution < 1.29 is 27.4 Å². The zero-order valence-corrected chi connectivity index (χ0v) is 14.1. The van der Waals surface area contributed by atoms with E-state index in [1.165, 1.54) is 12.1 Å². The van der Waals surface area contributed by atoms with Gasteiger partial charge >= 0.3 is 0 Å². The number of benzene rings is 2. The number of ether oxygens (including phenoxy) is 4. The van der Waals surface area contributed by atoms with Gasteiger partial charge in [0.2, 0.25) is 10.0 Å². The molecule has 0 amide bonds. The Kier molecular flexibility index (Phi) is 4.14. The molecule has 0 radical (unpaired) electrons. The van der Waals surface area contributed by atoms with Gasteiger partial charge < -0.3 is 18.9 Å². The summed E-state index contributed by atoms with van der Waals surface area (Å²) in [6.45, 7) is 1.24. The van der Waals surface area contributed by atoms with E-state index in [0.29, 0.717) is 36.2 Å². The summed E-state index contributed by atoms with van der Waals surface area (Å²) >= 11 is 0. The van der Waals surface area contributed by atoms with Crippen LogP contribution in [0.25, 0.3) is 0 Å². The molecule has 25 heavy (non-hydrogen) atoms. The zero-order valence-electron chi connectivity index (χ0n) is 13.3. The Morgan fingerprint density at radius 3 is 2.48 bits per heavy atom. The van der Waals surface area contributed by atoms with Gasteiger partial charge in [-0.15, -0.1) is 0 Å². The van der Waals surface area contributed by atoms with Gasteiger partial charge in [0.15, 0.2) is 23.0 Å². The van der Waals surface area contributed by atoms with Gasteiger partial charge in [-0.05, 0) is 24.3 Å². The largest absolute Gasteiger partial charge is 0.486 e. The monoisotopic (exact) mass is 363 g/mol. The molecule has 1 unspecified atom stereocenters. The van der Waals surface area contributed by atoms with Crippen molar-refractivity contribution in [1.82, 2.24) is 4.72 Å². The molecule has 0 aliphatic carbocycles. The summed E-state index contributed by atoms with van der Waals surface area (Å²) in [5.41, 5.74) is 0. The molecule has 1 N–H and O–H groups in total. The zero-order chi connectivity index (χ0) is 17.3. The molecule has 2 aliphatic heterocycles. The average molecular weight is 363 g/mol. The minimum atomic E-state index is -3.69. The molecule has 2 aromatic rings. The molecule has 0 aromatic heterocycles. The highest BCUT2D eigenvalue weighted by molar-refractivity contribution is 7.89. The molecule has 0 saturated heterocycles. The molecule has 8 heteroatoms. The quantitative estimate of drug-likeness (QED) is 0.888. The van der Waals surface area contributed by atoms with Crippen LogP contribution in [0.4, 0.5) is 0 Å². The van der Waals surface area contributed by atoms with Crippen molar-refractivity contribution in [2.45, 2.75) is 11.0 Å².